The Kier molecular flexibility index (Phi) is 5.86. The number of rotatable bonds is 5. The molecule has 0 unspecified atom stereocenters. The fourth-order valence-electron chi connectivity index (χ4n) is 3.48. The lowest BCUT2D eigenvalue weighted by Crippen LogP contribution is -2.32. The van der Waals surface area contributed by atoms with Gasteiger partial charge in [-0.15, -0.1) is 0 Å². The second-order valence-corrected chi connectivity index (χ2v) is 8.31. The highest BCUT2D eigenvalue weighted by molar-refractivity contribution is 7.99. The van der Waals surface area contributed by atoms with Crippen LogP contribution in [0.1, 0.15) is 34.3 Å². The third kappa shape index (κ3) is 4.09. The number of amides is 2. The smallest absolute Gasteiger partial charge is 0.261 e. The van der Waals surface area contributed by atoms with Crippen molar-refractivity contribution in [2.45, 2.75) is 36.6 Å². The highest BCUT2D eigenvalue weighted by Gasteiger charge is 2.27. The fraction of sp³-hybridized carbons (Fsp3) is 0.208. The van der Waals surface area contributed by atoms with Crippen molar-refractivity contribution in [1.82, 2.24) is 4.98 Å². The first-order valence-electron chi connectivity index (χ1n) is 9.94. The molecular formula is C24H23N3O2S. The van der Waals surface area contributed by atoms with E-state index in [1.807, 2.05) is 62.4 Å². The minimum atomic E-state index is -0.0783. The van der Waals surface area contributed by atoms with E-state index in [0.717, 1.165) is 27.4 Å². The highest BCUT2D eigenvalue weighted by Crippen LogP contribution is 2.40. The van der Waals surface area contributed by atoms with Crippen LogP contribution in [0.3, 0.4) is 0 Å². The fourth-order valence-corrected chi connectivity index (χ4v) is 4.50. The summed E-state index contributed by atoms with van der Waals surface area (Å²) in [6, 6.07) is 17.3. The van der Waals surface area contributed by atoms with Gasteiger partial charge in [0.2, 0.25) is 5.91 Å². The summed E-state index contributed by atoms with van der Waals surface area (Å²) >= 11 is 1.50. The average molecular weight is 418 g/mol. The summed E-state index contributed by atoms with van der Waals surface area (Å²) in [4.78, 5) is 32.8. The number of benzene rings is 2. The van der Waals surface area contributed by atoms with Crippen LogP contribution in [0.2, 0.25) is 0 Å². The molecule has 2 aromatic carbocycles. The Morgan fingerprint density at radius 2 is 1.90 bits per heavy atom. The van der Waals surface area contributed by atoms with Crippen LogP contribution in [0.4, 0.5) is 11.4 Å². The number of anilines is 2. The molecular weight excluding hydrogens is 394 g/mol. The number of hydrogen-bond donors (Lipinski definition) is 1. The van der Waals surface area contributed by atoms with Crippen molar-refractivity contribution in [3.05, 3.63) is 77.5 Å². The summed E-state index contributed by atoms with van der Waals surface area (Å²) in [5.74, 6) is -0.124. The van der Waals surface area contributed by atoms with Gasteiger partial charge in [-0.05, 0) is 61.7 Å². The van der Waals surface area contributed by atoms with E-state index in [2.05, 4.69) is 10.3 Å². The molecule has 3 aromatic rings. The second-order valence-electron chi connectivity index (χ2n) is 7.28. The molecule has 6 heteroatoms. The molecule has 0 fully saturated rings. The summed E-state index contributed by atoms with van der Waals surface area (Å²) in [7, 11) is 0. The maximum atomic E-state index is 13.2. The number of aromatic nitrogens is 1. The van der Waals surface area contributed by atoms with Gasteiger partial charge < -0.3 is 10.2 Å². The molecule has 0 spiro atoms. The SMILES string of the molecule is Cc1cccc(NC(=O)CCCN2C(=O)c3cccnc3Sc3ccccc32)c1C. The monoisotopic (exact) mass is 417 g/mol. The lowest BCUT2D eigenvalue weighted by molar-refractivity contribution is -0.116. The van der Waals surface area contributed by atoms with Gasteiger partial charge in [-0.25, -0.2) is 4.98 Å². The molecule has 1 aliphatic heterocycles. The standard InChI is InChI=1S/C24H23N3O2S/c1-16-8-5-10-19(17(16)2)26-22(28)13-7-15-27-20-11-3-4-12-21(20)30-23-18(24(27)29)9-6-14-25-23/h3-6,8-12,14H,7,13,15H2,1-2H3,(H,26,28). The maximum Gasteiger partial charge on any atom is 0.261 e. The van der Waals surface area contributed by atoms with Gasteiger partial charge in [0.15, 0.2) is 0 Å². The molecule has 4 rings (SSSR count). The number of hydrogen-bond acceptors (Lipinski definition) is 4. The molecule has 1 aromatic heterocycles. The first kappa shape index (κ1) is 20.2. The van der Waals surface area contributed by atoms with Crippen LogP contribution < -0.4 is 10.2 Å². The van der Waals surface area contributed by atoms with E-state index < -0.39 is 0 Å². The molecule has 0 bridgehead atoms. The van der Waals surface area contributed by atoms with Crippen LogP contribution in [-0.2, 0) is 4.79 Å². The third-order valence-electron chi connectivity index (χ3n) is 5.27. The Hall–Kier alpha value is -3.12. The summed E-state index contributed by atoms with van der Waals surface area (Å²) in [6.07, 6.45) is 2.61. The van der Waals surface area contributed by atoms with E-state index in [-0.39, 0.29) is 11.8 Å². The van der Waals surface area contributed by atoms with Gasteiger partial charge in [-0.3, -0.25) is 9.59 Å². The minimum Gasteiger partial charge on any atom is -0.326 e. The van der Waals surface area contributed by atoms with Gasteiger partial charge in [0, 0.05) is 29.7 Å². The number of carbonyl (C=O) groups is 2. The Morgan fingerprint density at radius 1 is 1.07 bits per heavy atom. The predicted molar refractivity (Wildman–Crippen MR) is 120 cm³/mol. The molecule has 152 valence electrons. The van der Waals surface area contributed by atoms with E-state index in [9.17, 15) is 9.59 Å². The second kappa shape index (κ2) is 8.71. The van der Waals surface area contributed by atoms with E-state index in [1.54, 1.807) is 17.2 Å². The Bertz CT molecular complexity index is 1110. The van der Waals surface area contributed by atoms with Gasteiger partial charge in [-0.2, -0.15) is 0 Å². The van der Waals surface area contributed by atoms with Crippen molar-refractivity contribution in [2.75, 3.05) is 16.8 Å². The van der Waals surface area contributed by atoms with Crippen molar-refractivity contribution in [3.8, 4) is 0 Å². The quantitative estimate of drug-likeness (QED) is 0.618. The highest BCUT2D eigenvalue weighted by atomic mass is 32.2. The molecule has 1 N–H and O–H groups in total. The number of carbonyl (C=O) groups excluding carboxylic acids is 2. The van der Waals surface area contributed by atoms with Crippen molar-refractivity contribution in [3.63, 3.8) is 0 Å². The van der Waals surface area contributed by atoms with Crippen molar-refractivity contribution in [1.29, 1.82) is 0 Å². The third-order valence-corrected chi connectivity index (χ3v) is 6.36. The first-order valence-corrected chi connectivity index (χ1v) is 10.8. The lowest BCUT2D eigenvalue weighted by Gasteiger charge is -2.22. The Labute approximate surface area is 180 Å². The van der Waals surface area contributed by atoms with E-state index in [1.165, 1.54) is 11.8 Å². The Morgan fingerprint density at radius 3 is 2.77 bits per heavy atom. The molecule has 0 saturated heterocycles. The van der Waals surface area contributed by atoms with Crippen LogP contribution in [0.15, 0.2) is 70.7 Å². The zero-order valence-corrected chi connectivity index (χ0v) is 17.8. The first-order chi connectivity index (χ1) is 14.5. The van der Waals surface area contributed by atoms with E-state index in [4.69, 9.17) is 0 Å². The molecule has 2 amide bonds. The van der Waals surface area contributed by atoms with Crippen LogP contribution in [0, 0.1) is 13.8 Å². The summed E-state index contributed by atoms with van der Waals surface area (Å²) in [5, 5.41) is 3.70. The number of pyridine rings is 1. The Balaban J connectivity index is 1.48. The molecule has 2 heterocycles. The van der Waals surface area contributed by atoms with Crippen LogP contribution >= 0.6 is 11.8 Å². The van der Waals surface area contributed by atoms with Crippen molar-refractivity contribution < 1.29 is 9.59 Å². The van der Waals surface area contributed by atoms with Crippen molar-refractivity contribution >= 4 is 35.0 Å². The molecule has 30 heavy (non-hydrogen) atoms. The summed E-state index contributed by atoms with van der Waals surface area (Å²) < 4.78 is 0. The molecule has 5 nitrogen and oxygen atoms in total. The molecule has 0 atom stereocenters. The average Bonchev–Trinajstić information content (AvgIpc) is 2.86. The van der Waals surface area contributed by atoms with Crippen LogP contribution in [0.5, 0.6) is 0 Å². The van der Waals surface area contributed by atoms with Crippen molar-refractivity contribution in [2.24, 2.45) is 0 Å². The maximum absolute atomic E-state index is 13.2. The van der Waals surface area contributed by atoms with E-state index >= 15 is 0 Å². The summed E-state index contributed by atoms with van der Waals surface area (Å²) in [5.41, 5.74) is 4.51. The number of fused-ring (bicyclic) bond motifs is 2. The zero-order chi connectivity index (χ0) is 21.1. The van der Waals surface area contributed by atoms with Gasteiger partial charge in [0.25, 0.3) is 5.91 Å². The van der Waals surface area contributed by atoms with E-state index in [0.29, 0.717) is 30.0 Å². The van der Waals surface area contributed by atoms with Gasteiger partial charge in [-0.1, -0.05) is 36.0 Å². The topological polar surface area (TPSA) is 62.3 Å². The molecule has 0 saturated carbocycles. The minimum absolute atomic E-state index is 0.0457. The normalized spacial score (nSPS) is 12.7. The summed E-state index contributed by atoms with van der Waals surface area (Å²) in [6.45, 7) is 4.49. The van der Waals surface area contributed by atoms with Gasteiger partial charge >= 0.3 is 0 Å². The molecule has 0 aliphatic carbocycles. The van der Waals surface area contributed by atoms with Gasteiger partial charge in [0.1, 0.15) is 5.03 Å². The van der Waals surface area contributed by atoms with Crippen LogP contribution in [-0.4, -0.2) is 23.3 Å². The number of para-hydroxylation sites is 1. The molecule has 1 aliphatic rings. The predicted octanol–water partition coefficient (Wildman–Crippen LogP) is 5.23. The largest absolute Gasteiger partial charge is 0.326 e. The lowest BCUT2D eigenvalue weighted by atomic mass is 10.1. The number of nitrogens with zero attached hydrogens (tertiary/aromatic N) is 2. The molecule has 0 radical (unpaired) electrons. The van der Waals surface area contributed by atoms with Crippen LogP contribution in [0.25, 0.3) is 0 Å². The zero-order valence-electron chi connectivity index (χ0n) is 17.0. The number of aryl methyl sites for hydroxylation is 1. The number of nitrogens with one attached hydrogen (secondary N) is 1. The van der Waals surface area contributed by atoms with Gasteiger partial charge in [0.05, 0.1) is 11.3 Å².